The number of thiophene rings is 1. The second-order valence-corrected chi connectivity index (χ2v) is 17.4. The third-order valence-corrected chi connectivity index (χ3v) is 14.1. The van der Waals surface area contributed by atoms with E-state index in [0.717, 1.165) is 24.2 Å². The standard InChI is InChI=1S/C55H40N2S/c1-55(2)45-23-11-9-20-43(45)49-46(55)24-14-26-48(49)56(39-31-27-36(28-32-39)35-15-5-3-6-16-35)40-33-29-38(30-34-40)54-52-50(53(58-54)37-17-7-4-8-18-37)44-22-13-21-42-41-19-10-12-25-47(41)57(52)51(42)44/h3-5,7-15,17-34H,6,16H2,1-2H3. The van der Waals surface area contributed by atoms with E-state index in [9.17, 15) is 0 Å². The van der Waals surface area contributed by atoms with Gasteiger partial charge in [-0.25, -0.2) is 0 Å². The molecule has 58 heavy (non-hydrogen) atoms. The zero-order valence-corrected chi connectivity index (χ0v) is 33.4. The van der Waals surface area contributed by atoms with Gasteiger partial charge in [-0.15, -0.1) is 11.3 Å². The molecular weight excluding hydrogens is 721 g/mol. The highest BCUT2D eigenvalue weighted by Crippen LogP contribution is 2.55. The minimum absolute atomic E-state index is 0.0933. The van der Waals surface area contributed by atoms with Gasteiger partial charge in [-0.3, -0.25) is 0 Å². The molecule has 0 radical (unpaired) electrons. The first kappa shape index (κ1) is 33.5. The highest BCUT2D eigenvalue weighted by Gasteiger charge is 2.37. The van der Waals surface area contributed by atoms with Gasteiger partial charge in [0.1, 0.15) is 0 Å². The number of anilines is 3. The number of aromatic nitrogens is 1. The van der Waals surface area contributed by atoms with Gasteiger partial charge in [0, 0.05) is 48.8 Å². The maximum Gasteiger partial charge on any atom is 0.0734 e. The summed E-state index contributed by atoms with van der Waals surface area (Å²) in [5, 5.41) is 5.27. The second kappa shape index (κ2) is 12.7. The molecule has 2 nitrogen and oxygen atoms in total. The van der Waals surface area contributed by atoms with Crippen LogP contribution < -0.4 is 4.90 Å². The number of rotatable bonds is 6. The van der Waals surface area contributed by atoms with Crippen molar-refractivity contribution in [2.45, 2.75) is 32.1 Å². The molecule has 12 rings (SSSR count). The Morgan fingerprint density at radius 3 is 2.00 bits per heavy atom. The Kier molecular flexibility index (Phi) is 7.30. The van der Waals surface area contributed by atoms with Gasteiger partial charge >= 0.3 is 0 Å². The molecule has 276 valence electrons. The molecule has 0 bridgehead atoms. The Labute approximate surface area is 342 Å². The van der Waals surface area contributed by atoms with Gasteiger partial charge < -0.3 is 9.30 Å². The Bertz CT molecular complexity index is 3280. The van der Waals surface area contributed by atoms with Crippen molar-refractivity contribution in [3.8, 4) is 32.0 Å². The fourth-order valence-electron chi connectivity index (χ4n) is 10.1. The summed E-state index contributed by atoms with van der Waals surface area (Å²) in [5.41, 5.74) is 17.8. The van der Waals surface area contributed by atoms with Gasteiger partial charge in [-0.1, -0.05) is 159 Å². The van der Waals surface area contributed by atoms with Crippen LogP contribution in [0, 0.1) is 0 Å². The van der Waals surface area contributed by atoms with Crippen molar-refractivity contribution >= 4 is 72.1 Å². The third kappa shape index (κ3) is 4.77. The van der Waals surface area contributed by atoms with Crippen LogP contribution in [0.1, 0.15) is 43.4 Å². The average Bonchev–Trinajstić information content (AvgIpc) is 4.00. The molecule has 3 heterocycles. The predicted octanol–water partition coefficient (Wildman–Crippen LogP) is 15.7. The van der Waals surface area contributed by atoms with Crippen molar-refractivity contribution in [1.29, 1.82) is 0 Å². The predicted molar refractivity (Wildman–Crippen MR) is 248 cm³/mol. The molecule has 0 saturated carbocycles. The molecule has 7 aromatic carbocycles. The highest BCUT2D eigenvalue weighted by molar-refractivity contribution is 7.21. The Morgan fingerprint density at radius 1 is 0.552 bits per heavy atom. The summed E-state index contributed by atoms with van der Waals surface area (Å²) in [6, 6.07) is 61.1. The van der Waals surface area contributed by atoms with Crippen molar-refractivity contribution in [2.24, 2.45) is 0 Å². The van der Waals surface area contributed by atoms with Crippen LogP contribution in [0.15, 0.2) is 182 Å². The van der Waals surface area contributed by atoms with Gasteiger partial charge in [0.2, 0.25) is 0 Å². The number of para-hydroxylation sites is 2. The van der Waals surface area contributed by atoms with Crippen molar-refractivity contribution in [3.63, 3.8) is 0 Å². The summed E-state index contributed by atoms with van der Waals surface area (Å²) in [7, 11) is 0. The first-order valence-corrected chi connectivity index (χ1v) is 21.2. The molecule has 0 spiro atoms. The van der Waals surface area contributed by atoms with Crippen LogP contribution in [-0.2, 0) is 5.41 Å². The summed E-state index contributed by atoms with van der Waals surface area (Å²) in [6.45, 7) is 4.73. The topological polar surface area (TPSA) is 7.65 Å². The summed E-state index contributed by atoms with van der Waals surface area (Å²) in [6.07, 6.45) is 8.88. The smallest absolute Gasteiger partial charge is 0.0734 e. The summed E-state index contributed by atoms with van der Waals surface area (Å²) in [4.78, 5) is 5.09. The molecule has 0 unspecified atom stereocenters. The van der Waals surface area contributed by atoms with E-state index in [1.165, 1.54) is 98.1 Å². The molecule has 0 aliphatic heterocycles. The number of benzene rings is 7. The summed E-state index contributed by atoms with van der Waals surface area (Å²) < 4.78 is 2.54. The molecule has 0 atom stereocenters. The van der Waals surface area contributed by atoms with E-state index in [0.29, 0.717) is 0 Å². The maximum atomic E-state index is 2.54. The van der Waals surface area contributed by atoms with Crippen LogP contribution >= 0.6 is 11.3 Å². The molecule has 0 amide bonds. The first-order chi connectivity index (χ1) is 28.6. The van der Waals surface area contributed by atoms with Crippen LogP contribution in [-0.4, -0.2) is 4.40 Å². The number of hydrogen-bond donors (Lipinski definition) is 0. The van der Waals surface area contributed by atoms with Crippen molar-refractivity contribution in [3.05, 3.63) is 199 Å². The van der Waals surface area contributed by atoms with Crippen LogP contribution in [0.25, 0.3) is 75.7 Å². The Hall–Kier alpha value is -6.68. The number of hydrogen-bond acceptors (Lipinski definition) is 2. The minimum atomic E-state index is -0.0933. The van der Waals surface area contributed by atoms with E-state index in [1.54, 1.807) is 0 Å². The SMILES string of the molecule is CC1(C)c2ccccc2-c2c(N(c3ccc(C4=CC=CCC4)cc3)c3ccc(-c4sc(-c5ccccc5)c5c6cccc7c8ccccc8n(c45)c76)cc3)cccc21. The van der Waals surface area contributed by atoms with Crippen molar-refractivity contribution in [1.82, 2.24) is 4.40 Å². The molecule has 10 aromatic rings. The number of nitrogens with zero attached hydrogens (tertiary/aromatic N) is 2. The lowest BCUT2D eigenvalue weighted by Gasteiger charge is -2.29. The van der Waals surface area contributed by atoms with E-state index in [2.05, 4.69) is 205 Å². The Morgan fingerprint density at radius 2 is 1.21 bits per heavy atom. The van der Waals surface area contributed by atoms with E-state index >= 15 is 0 Å². The summed E-state index contributed by atoms with van der Waals surface area (Å²) in [5.74, 6) is 0. The number of allylic oxidation sites excluding steroid dienone is 4. The van der Waals surface area contributed by atoms with E-state index in [1.807, 2.05) is 11.3 Å². The Balaban J connectivity index is 1.07. The van der Waals surface area contributed by atoms with E-state index in [4.69, 9.17) is 0 Å². The molecule has 0 saturated heterocycles. The largest absolute Gasteiger partial charge is 0.310 e. The zero-order valence-electron chi connectivity index (χ0n) is 32.5. The molecule has 2 aliphatic carbocycles. The quantitative estimate of drug-likeness (QED) is 0.164. The van der Waals surface area contributed by atoms with Gasteiger partial charge in [-0.05, 0) is 88.2 Å². The fraction of sp³-hybridized carbons (Fsp3) is 0.0909. The van der Waals surface area contributed by atoms with Crippen LogP contribution in [0.4, 0.5) is 17.1 Å². The van der Waals surface area contributed by atoms with Crippen LogP contribution in [0.2, 0.25) is 0 Å². The van der Waals surface area contributed by atoms with E-state index < -0.39 is 0 Å². The van der Waals surface area contributed by atoms with Crippen molar-refractivity contribution < 1.29 is 0 Å². The molecule has 0 fully saturated rings. The van der Waals surface area contributed by atoms with E-state index in [-0.39, 0.29) is 5.41 Å². The van der Waals surface area contributed by atoms with Crippen LogP contribution in [0.3, 0.4) is 0 Å². The van der Waals surface area contributed by atoms with Crippen LogP contribution in [0.5, 0.6) is 0 Å². The molecule has 2 aliphatic rings. The van der Waals surface area contributed by atoms with Gasteiger partial charge in [0.15, 0.2) is 0 Å². The first-order valence-electron chi connectivity index (χ1n) is 20.4. The van der Waals surface area contributed by atoms with Crippen molar-refractivity contribution in [2.75, 3.05) is 4.90 Å². The highest BCUT2D eigenvalue weighted by atomic mass is 32.1. The number of fused-ring (bicyclic) bond motifs is 9. The molecule has 3 heteroatoms. The fourth-order valence-corrected chi connectivity index (χ4v) is 11.4. The lowest BCUT2D eigenvalue weighted by atomic mass is 9.82. The third-order valence-electron chi connectivity index (χ3n) is 12.8. The maximum absolute atomic E-state index is 2.54. The minimum Gasteiger partial charge on any atom is -0.310 e. The average molecular weight is 761 g/mol. The molecule has 3 aromatic heterocycles. The monoisotopic (exact) mass is 760 g/mol. The normalized spacial score (nSPS) is 14.4. The zero-order chi connectivity index (χ0) is 38.5. The van der Waals surface area contributed by atoms with Gasteiger partial charge in [0.05, 0.1) is 27.1 Å². The van der Waals surface area contributed by atoms with Gasteiger partial charge in [0.25, 0.3) is 0 Å². The lowest BCUT2D eigenvalue weighted by molar-refractivity contribution is 0.660. The molecular formula is C55H40N2S. The van der Waals surface area contributed by atoms with Gasteiger partial charge in [-0.2, -0.15) is 0 Å². The lowest BCUT2D eigenvalue weighted by Crippen LogP contribution is -2.16. The molecule has 0 N–H and O–H groups in total. The summed E-state index contributed by atoms with van der Waals surface area (Å²) >= 11 is 1.91. The second-order valence-electron chi connectivity index (χ2n) is 16.4.